The second-order valence-corrected chi connectivity index (χ2v) is 4.00. The van der Waals surface area contributed by atoms with Crippen molar-refractivity contribution in [2.45, 2.75) is 12.8 Å². The van der Waals surface area contributed by atoms with Crippen LogP contribution < -0.4 is 0 Å². The predicted molar refractivity (Wildman–Crippen MR) is 63.5 cm³/mol. The van der Waals surface area contributed by atoms with E-state index in [1.807, 2.05) is 18.2 Å². The fourth-order valence-corrected chi connectivity index (χ4v) is 2.05. The Morgan fingerprint density at radius 3 is 3.06 bits per heavy atom. The number of carbonyl (C=O) groups is 1. The highest BCUT2D eigenvalue weighted by molar-refractivity contribution is 6.11. The van der Waals surface area contributed by atoms with Crippen LogP contribution in [0.15, 0.2) is 36.4 Å². The Kier molecular flexibility index (Phi) is 2.33. The fraction of sp³-hybridized carbons (Fsp3) is 0.154. The molecule has 0 fully saturated rings. The number of hydrogen-bond acceptors (Lipinski definition) is 3. The first-order valence-electron chi connectivity index (χ1n) is 5.52. The normalized spacial score (nSPS) is 17.2. The van der Waals surface area contributed by atoms with Gasteiger partial charge in [-0.1, -0.05) is 6.07 Å². The molecule has 1 aliphatic rings. The smallest absolute Gasteiger partial charge is 0.207 e. The molecule has 0 amide bonds. The van der Waals surface area contributed by atoms with Crippen molar-refractivity contribution in [3.05, 3.63) is 53.4 Å². The number of Topliss-reactive ketones (excluding diaryl/α,β-unsaturated/α-hetero) is 1. The van der Waals surface area contributed by atoms with Crippen LogP contribution in [0.5, 0.6) is 0 Å². The number of allylic oxidation sites excluding steroid dienone is 1. The van der Waals surface area contributed by atoms with Gasteiger partial charge in [0, 0.05) is 18.0 Å². The molecule has 0 unspecified atom stereocenters. The lowest BCUT2D eigenvalue weighted by molar-refractivity contribution is 0.102. The minimum atomic E-state index is 0.0230. The van der Waals surface area contributed by atoms with E-state index in [2.05, 4.69) is 15.0 Å². The topological polar surface area (TPSA) is 58.6 Å². The highest BCUT2D eigenvalue weighted by atomic mass is 16.1. The van der Waals surface area contributed by atoms with Gasteiger partial charge in [-0.15, -0.1) is 0 Å². The molecule has 0 spiro atoms. The van der Waals surface area contributed by atoms with Crippen LogP contribution in [-0.2, 0) is 6.42 Å². The molecule has 0 radical (unpaired) electrons. The molecular formula is C13H11N3O. The monoisotopic (exact) mass is 225 g/mol. The van der Waals surface area contributed by atoms with Gasteiger partial charge in [0.25, 0.3) is 0 Å². The van der Waals surface area contributed by atoms with Crippen LogP contribution in [0.4, 0.5) is 0 Å². The lowest BCUT2D eigenvalue weighted by Gasteiger charge is -2.15. The molecule has 2 aromatic heterocycles. The summed E-state index contributed by atoms with van der Waals surface area (Å²) in [7, 11) is 0. The number of nitrogens with one attached hydrogen (secondary N) is 1. The van der Waals surface area contributed by atoms with E-state index < -0.39 is 0 Å². The van der Waals surface area contributed by atoms with E-state index in [1.54, 1.807) is 18.7 Å². The second kappa shape index (κ2) is 3.97. The maximum atomic E-state index is 12.2. The Labute approximate surface area is 98.4 Å². The van der Waals surface area contributed by atoms with E-state index in [1.165, 1.54) is 0 Å². The number of carbonyl (C=O) groups excluding carboxylic acids is 1. The third kappa shape index (κ3) is 1.78. The van der Waals surface area contributed by atoms with Crippen molar-refractivity contribution in [3.63, 3.8) is 0 Å². The van der Waals surface area contributed by atoms with E-state index in [0.29, 0.717) is 5.69 Å². The first-order valence-corrected chi connectivity index (χ1v) is 5.52. The van der Waals surface area contributed by atoms with Crippen LogP contribution in [0, 0.1) is 0 Å². The molecule has 0 bridgehead atoms. The molecule has 3 rings (SSSR count). The van der Waals surface area contributed by atoms with Crippen molar-refractivity contribution < 1.29 is 4.79 Å². The number of pyridine rings is 1. The van der Waals surface area contributed by atoms with Crippen molar-refractivity contribution in [1.29, 1.82) is 0 Å². The van der Waals surface area contributed by atoms with E-state index >= 15 is 0 Å². The summed E-state index contributed by atoms with van der Waals surface area (Å²) < 4.78 is 0. The first kappa shape index (κ1) is 9.96. The lowest BCUT2D eigenvalue weighted by Crippen LogP contribution is -2.15. The zero-order valence-corrected chi connectivity index (χ0v) is 9.18. The van der Waals surface area contributed by atoms with E-state index in [0.717, 1.165) is 29.7 Å². The van der Waals surface area contributed by atoms with Gasteiger partial charge in [-0.25, -0.2) is 4.98 Å². The number of aromatic nitrogens is 3. The number of H-pyrrole nitrogens is 1. The number of imidazole rings is 1. The van der Waals surface area contributed by atoms with Gasteiger partial charge in [0.1, 0.15) is 5.69 Å². The Morgan fingerprint density at radius 1 is 1.29 bits per heavy atom. The van der Waals surface area contributed by atoms with Gasteiger partial charge in [0.15, 0.2) is 0 Å². The number of fused-ring (bicyclic) bond motifs is 1. The maximum absolute atomic E-state index is 12.2. The quantitative estimate of drug-likeness (QED) is 0.755. The average Bonchev–Trinajstić information content (AvgIpc) is 2.86. The van der Waals surface area contributed by atoms with Gasteiger partial charge in [-0.2, -0.15) is 0 Å². The third-order valence-electron chi connectivity index (χ3n) is 2.90. The highest BCUT2D eigenvalue weighted by Crippen LogP contribution is 2.24. The number of rotatable bonds is 1. The summed E-state index contributed by atoms with van der Waals surface area (Å²) in [6.07, 6.45) is 8.49. The standard InChI is InChI=1S/C13H11N3O/c17-13-10(6-11-7-14-8-16-11)4-3-9-2-1-5-15-12(9)13/h1-2,5-8H,3-4H2,(H,14,16). The van der Waals surface area contributed by atoms with Crippen LogP contribution >= 0.6 is 0 Å². The predicted octanol–water partition coefficient (Wildman–Crippen LogP) is 2.02. The van der Waals surface area contributed by atoms with Crippen LogP contribution in [0.25, 0.3) is 6.08 Å². The molecule has 0 saturated carbocycles. The Balaban J connectivity index is 2.00. The molecular weight excluding hydrogens is 214 g/mol. The fourth-order valence-electron chi connectivity index (χ4n) is 2.05. The Hall–Kier alpha value is -2.23. The molecule has 0 atom stereocenters. The summed E-state index contributed by atoms with van der Waals surface area (Å²) in [6, 6.07) is 3.83. The van der Waals surface area contributed by atoms with Crippen molar-refractivity contribution >= 4 is 11.9 Å². The molecule has 1 N–H and O–H groups in total. The molecule has 1 aliphatic carbocycles. The van der Waals surface area contributed by atoms with Crippen molar-refractivity contribution in [3.8, 4) is 0 Å². The van der Waals surface area contributed by atoms with E-state index in [-0.39, 0.29) is 5.78 Å². The summed E-state index contributed by atoms with van der Waals surface area (Å²) in [4.78, 5) is 23.3. The zero-order valence-electron chi connectivity index (χ0n) is 9.18. The number of ketones is 1. The van der Waals surface area contributed by atoms with Crippen LogP contribution in [0.1, 0.15) is 28.2 Å². The van der Waals surface area contributed by atoms with Gasteiger partial charge in [-0.3, -0.25) is 9.78 Å². The molecule has 4 nitrogen and oxygen atoms in total. The van der Waals surface area contributed by atoms with Crippen LogP contribution in [0.3, 0.4) is 0 Å². The van der Waals surface area contributed by atoms with Gasteiger partial charge < -0.3 is 4.98 Å². The minimum absolute atomic E-state index is 0.0230. The number of nitrogens with zero attached hydrogens (tertiary/aromatic N) is 2. The van der Waals surface area contributed by atoms with Gasteiger partial charge in [-0.05, 0) is 30.5 Å². The lowest BCUT2D eigenvalue weighted by atomic mass is 9.90. The third-order valence-corrected chi connectivity index (χ3v) is 2.90. The minimum Gasteiger partial charge on any atom is -0.351 e. The Morgan fingerprint density at radius 2 is 2.24 bits per heavy atom. The summed E-state index contributed by atoms with van der Waals surface area (Å²) in [5.74, 6) is 0.0230. The van der Waals surface area contributed by atoms with Crippen molar-refractivity contribution in [1.82, 2.24) is 15.0 Å². The zero-order chi connectivity index (χ0) is 11.7. The first-order chi connectivity index (χ1) is 8.34. The van der Waals surface area contributed by atoms with Crippen molar-refractivity contribution in [2.24, 2.45) is 0 Å². The van der Waals surface area contributed by atoms with Crippen LogP contribution in [-0.4, -0.2) is 20.7 Å². The number of aromatic amines is 1. The van der Waals surface area contributed by atoms with Crippen molar-refractivity contribution in [2.75, 3.05) is 0 Å². The van der Waals surface area contributed by atoms with Gasteiger partial charge >= 0.3 is 0 Å². The highest BCUT2D eigenvalue weighted by Gasteiger charge is 2.22. The molecule has 4 heteroatoms. The maximum Gasteiger partial charge on any atom is 0.207 e. The summed E-state index contributed by atoms with van der Waals surface area (Å²) in [6.45, 7) is 0. The molecule has 17 heavy (non-hydrogen) atoms. The van der Waals surface area contributed by atoms with E-state index in [9.17, 15) is 4.79 Å². The number of hydrogen-bond donors (Lipinski definition) is 1. The molecule has 84 valence electrons. The summed E-state index contributed by atoms with van der Waals surface area (Å²) >= 11 is 0. The molecule has 2 aromatic rings. The largest absolute Gasteiger partial charge is 0.351 e. The van der Waals surface area contributed by atoms with Crippen LogP contribution in [0.2, 0.25) is 0 Å². The van der Waals surface area contributed by atoms with E-state index in [4.69, 9.17) is 0 Å². The summed E-state index contributed by atoms with van der Waals surface area (Å²) in [5, 5.41) is 0. The SMILES string of the molecule is O=C1C(=Cc2c[nH]cn2)CCc2cccnc21. The molecule has 2 heterocycles. The summed E-state index contributed by atoms with van der Waals surface area (Å²) in [5.41, 5.74) is 3.19. The molecule has 0 aliphatic heterocycles. The van der Waals surface area contributed by atoms with Gasteiger partial charge in [0.05, 0.1) is 12.0 Å². The Bertz CT molecular complexity index is 584. The number of aryl methyl sites for hydroxylation is 1. The molecule has 0 saturated heterocycles. The van der Waals surface area contributed by atoms with Gasteiger partial charge in [0.2, 0.25) is 5.78 Å². The average molecular weight is 225 g/mol. The second-order valence-electron chi connectivity index (χ2n) is 4.00. The molecule has 0 aromatic carbocycles.